The molecule has 2 unspecified atom stereocenters. The first-order valence-electron chi connectivity index (χ1n) is 12.1. The molecule has 0 aliphatic carbocycles. The molecule has 0 aromatic carbocycles. The number of nitrogens with zero attached hydrogens (tertiary/aromatic N) is 4. The number of carbonyl (C=O) groups excluding carboxylic acids is 2. The van der Waals surface area contributed by atoms with Crippen LogP contribution in [0.3, 0.4) is 0 Å². The minimum Gasteiger partial charge on any atom is -0.334 e. The van der Waals surface area contributed by atoms with Gasteiger partial charge in [0.2, 0.25) is 11.8 Å². The third-order valence-corrected chi connectivity index (χ3v) is 7.23. The van der Waals surface area contributed by atoms with Gasteiger partial charge >= 0.3 is 0 Å². The maximum Gasteiger partial charge on any atom is 0.223 e. The van der Waals surface area contributed by atoms with Gasteiger partial charge in [-0.2, -0.15) is 0 Å². The quantitative estimate of drug-likeness (QED) is 0.536. The van der Waals surface area contributed by atoms with Crippen molar-refractivity contribution in [1.82, 2.24) is 19.8 Å². The second-order valence-electron chi connectivity index (χ2n) is 10.9. The van der Waals surface area contributed by atoms with Gasteiger partial charge in [-0.15, -0.1) is 0 Å². The summed E-state index contributed by atoms with van der Waals surface area (Å²) >= 11 is 0. The molecule has 6 heteroatoms. The zero-order valence-electron chi connectivity index (χ0n) is 20.3. The molecule has 2 amide bonds. The lowest BCUT2D eigenvalue weighted by Crippen LogP contribution is -2.57. The van der Waals surface area contributed by atoms with Crippen molar-refractivity contribution in [2.24, 2.45) is 10.8 Å². The van der Waals surface area contributed by atoms with Crippen LogP contribution in [0.4, 0.5) is 0 Å². The Morgan fingerprint density at radius 1 is 0.727 bits per heavy atom. The fourth-order valence-corrected chi connectivity index (χ4v) is 5.69. The van der Waals surface area contributed by atoms with Crippen molar-refractivity contribution in [3.8, 4) is 0 Å². The van der Waals surface area contributed by atoms with Crippen molar-refractivity contribution < 1.29 is 9.59 Å². The van der Waals surface area contributed by atoms with Gasteiger partial charge in [0.05, 0.1) is 12.1 Å². The Morgan fingerprint density at radius 2 is 1.09 bits per heavy atom. The topological polar surface area (TPSA) is 66.4 Å². The van der Waals surface area contributed by atoms with E-state index in [-0.39, 0.29) is 34.7 Å². The van der Waals surface area contributed by atoms with Crippen LogP contribution in [0.15, 0.2) is 49.1 Å². The molecule has 2 saturated heterocycles. The third-order valence-electron chi connectivity index (χ3n) is 7.23. The van der Waals surface area contributed by atoms with Gasteiger partial charge in [-0.05, 0) is 48.2 Å². The molecule has 6 nitrogen and oxygen atoms in total. The zero-order valence-corrected chi connectivity index (χ0v) is 20.3. The maximum absolute atomic E-state index is 12.9. The van der Waals surface area contributed by atoms with E-state index in [1.165, 1.54) is 0 Å². The Morgan fingerprint density at radius 3 is 1.42 bits per heavy atom. The number of hydrogen-bond donors (Lipinski definition) is 0. The summed E-state index contributed by atoms with van der Waals surface area (Å²) in [5, 5.41) is 0. The van der Waals surface area contributed by atoms with Gasteiger partial charge in [-0.1, -0.05) is 34.1 Å². The molecule has 33 heavy (non-hydrogen) atoms. The predicted molar refractivity (Wildman–Crippen MR) is 128 cm³/mol. The van der Waals surface area contributed by atoms with Crippen LogP contribution in [0.1, 0.15) is 83.0 Å². The lowest BCUT2D eigenvalue weighted by molar-refractivity contribution is -0.152. The molecule has 0 N–H and O–H groups in total. The molecule has 4 heterocycles. The summed E-state index contributed by atoms with van der Waals surface area (Å²) in [4.78, 5) is 37.9. The van der Waals surface area contributed by atoms with Gasteiger partial charge in [0.25, 0.3) is 0 Å². The number of hydrogen-bond acceptors (Lipinski definition) is 4. The summed E-state index contributed by atoms with van der Waals surface area (Å²) in [6.07, 6.45) is 10.8. The molecule has 2 atom stereocenters. The Bertz CT molecular complexity index is 895. The van der Waals surface area contributed by atoms with Crippen molar-refractivity contribution in [3.05, 3.63) is 60.2 Å². The summed E-state index contributed by atoms with van der Waals surface area (Å²) in [6, 6.07) is 8.27. The summed E-state index contributed by atoms with van der Waals surface area (Å²) < 4.78 is 0. The average molecular weight is 449 g/mol. The van der Waals surface area contributed by atoms with Gasteiger partial charge in [-0.3, -0.25) is 19.6 Å². The van der Waals surface area contributed by atoms with Gasteiger partial charge in [0.1, 0.15) is 0 Å². The standard InChI is InChI=1S/C27H36N4O2/c1-26(2)18-30(24(26)20-10-14-28-15-11-20)22(32)8-6-5-7-9-23(33)31-19-27(3,4)25(31)21-12-16-29-17-13-21/h10-17,24-25H,5-9,18-19H2,1-4H3. The number of carbonyl (C=O) groups is 2. The SMILES string of the molecule is CC1(C)CN(C(=O)CCCCCC(=O)N2CC(C)(C)C2c2ccncc2)C1c1ccncc1. The van der Waals surface area contributed by atoms with E-state index < -0.39 is 0 Å². The highest BCUT2D eigenvalue weighted by Crippen LogP contribution is 2.49. The molecule has 2 aliphatic rings. The number of pyridine rings is 2. The van der Waals surface area contributed by atoms with E-state index >= 15 is 0 Å². The Kier molecular flexibility index (Phi) is 6.55. The van der Waals surface area contributed by atoms with Crippen LogP contribution in [0.25, 0.3) is 0 Å². The van der Waals surface area contributed by atoms with Gasteiger partial charge in [-0.25, -0.2) is 0 Å². The number of unbranched alkanes of at least 4 members (excludes halogenated alkanes) is 2. The van der Waals surface area contributed by atoms with Crippen LogP contribution < -0.4 is 0 Å². The normalized spacial score (nSPS) is 22.9. The number of amides is 2. The molecule has 2 fully saturated rings. The fraction of sp³-hybridized carbons (Fsp3) is 0.556. The van der Waals surface area contributed by atoms with Crippen molar-refractivity contribution in [2.75, 3.05) is 13.1 Å². The van der Waals surface area contributed by atoms with E-state index in [0.717, 1.165) is 43.5 Å². The largest absolute Gasteiger partial charge is 0.334 e. The predicted octanol–water partition coefficient (Wildman–Crippen LogP) is 4.95. The van der Waals surface area contributed by atoms with Gasteiger partial charge in [0.15, 0.2) is 0 Å². The minimum absolute atomic E-state index is 0.0831. The van der Waals surface area contributed by atoms with E-state index in [0.29, 0.717) is 12.8 Å². The molecule has 0 spiro atoms. The molecule has 0 bridgehead atoms. The van der Waals surface area contributed by atoms with Crippen molar-refractivity contribution in [1.29, 1.82) is 0 Å². The van der Waals surface area contributed by atoms with Crippen molar-refractivity contribution in [2.45, 2.75) is 71.9 Å². The van der Waals surface area contributed by atoms with Crippen LogP contribution >= 0.6 is 0 Å². The molecular weight excluding hydrogens is 412 g/mol. The number of rotatable bonds is 8. The van der Waals surface area contributed by atoms with Crippen LogP contribution in [0, 0.1) is 10.8 Å². The highest BCUT2D eigenvalue weighted by Gasteiger charge is 2.49. The smallest absolute Gasteiger partial charge is 0.223 e. The molecule has 4 rings (SSSR count). The Hall–Kier alpha value is -2.76. The van der Waals surface area contributed by atoms with Crippen molar-refractivity contribution in [3.63, 3.8) is 0 Å². The molecule has 2 aromatic rings. The van der Waals surface area contributed by atoms with Crippen LogP contribution in [0.2, 0.25) is 0 Å². The number of aromatic nitrogens is 2. The van der Waals surface area contributed by atoms with Crippen LogP contribution in [-0.4, -0.2) is 44.7 Å². The van der Waals surface area contributed by atoms with E-state index in [9.17, 15) is 9.59 Å². The van der Waals surface area contributed by atoms with E-state index in [1.807, 2.05) is 34.1 Å². The first-order valence-corrected chi connectivity index (χ1v) is 12.1. The second kappa shape index (κ2) is 9.24. The first kappa shape index (κ1) is 23.4. The third kappa shape index (κ3) is 4.80. The van der Waals surface area contributed by atoms with Crippen molar-refractivity contribution >= 4 is 11.8 Å². The summed E-state index contributed by atoms with van der Waals surface area (Å²) in [6.45, 7) is 10.4. The molecule has 176 valence electrons. The first-order chi connectivity index (χ1) is 15.7. The highest BCUT2D eigenvalue weighted by atomic mass is 16.2. The molecule has 2 aromatic heterocycles. The number of likely N-dealkylation sites (tertiary alicyclic amines) is 2. The van der Waals surface area contributed by atoms with E-state index in [1.54, 1.807) is 24.8 Å². The lowest BCUT2D eigenvalue weighted by Gasteiger charge is -2.54. The molecular formula is C27H36N4O2. The fourth-order valence-electron chi connectivity index (χ4n) is 5.69. The Labute approximate surface area is 197 Å². The van der Waals surface area contributed by atoms with E-state index in [4.69, 9.17) is 0 Å². The minimum atomic E-state index is 0.0831. The zero-order chi connectivity index (χ0) is 23.6. The monoisotopic (exact) mass is 448 g/mol. The average Bonchev–Trinajstić information content (AvgIpc) is 2.77. The van der Waals surface area contributed by atoms with Gasteiger partial charge < -0.3 is 9.80 Å². The summed E-state index contributed by atoms with van der Waals surface area (Å²) in [5.74, 6) is 0.425. The molecule has 0 saturated carbocycles. The summed E-state index contributed by atoms with van der Waals surface area (Å²) in [5.41, 5.74) is 2.47. The Balaban J connectivity index is 1.21. The van der Waals surface area contributed by atoms with Gasteiger partial charge in [0, 0.05) is 61.5 Å². The summed E-state index contributed by atoms with van der Waals surface area (Å²) in [7, 11) is 0. The second-order valence-corrected chi connectivity index (χ2v) is 10.9. The van der Waals surface area contributed by atoms with Crippen LogP contribution in [-0.2, 0) is 9.59 Å². The molecule has 0 radical (unpaired) electrons. The molecule has 2 aliphatic heterocycles. The van der Waals surface area contributed by atoms with E-state index in [2.05, 4.69) is 37.7 Å². The lowest BCUT2D eigenvalue weighted by atomic mass is 9.71. The highest BCUT2D eigenvalue weighted by molar-refractivity contribution is 5.78. The van der Waals surface area contributed by atoms with Crippen LogP contribution in [0.5, 0.6) is 0 Å². The maximum atomic E-state index is 12.9.